The quantitative estimate of drug-likeness (QED) is 0.611. The first-order valence-electron chi connectivity index (χ1n) is 5.88. The van der Waals surface area contributed by atoms with E-state index in [1.165, 1.54) is 0 Å². The highest BCUT2D eigenvalue weighted by Crippen LogP contribution is 2.22. The number of rotatable bonds is 6. The first kappa shape index (κ1) is 15.0. The van der Waals surface area contributed by atoms with Crippen LogP contribution in [0.3, 0.4) is 0 Å². The first-order valence-corrected chi connectivity index (χ1v) is 5.88. The van der Waals surface area contributed by atoms with Gasteiger partial charge in [0.25, 0.3) is 0 Å². The Labute approximate surface area is 104 Å². The minimum atomic E-state index is -4.15. The smallest absolute Gasteiger partial charge is 0.271 e. The molecule has 1 atom stereocenters. The molecule has 0 radical (unpaired) electrons. The van der Waals surface area contributed by atoms with E-state index in [1.807, 2.05) is 20.0 Å². The van der Waals surface area contributed by atoms with E-state index in [4.69, 9.17) is 5.84 Å². The van der Waals surface area contributed by atoms with Gasteiger partial charge < -0.3 is 0 Å². The molecule has 0 bridgehead atoms. The Morgan fingerprint density at radius 1 is 1.44 bits per heavy atom. The van der Waals surface area contributed by atoms with Gasteiger partial charge in [-0.1, -0.05) is 0 Å². The van der Waals surface area contributed by atoms with Crippen molar-refractivity contribution < 1.29 is 13.2 Å². The van der Waals surface area contributed by atoms with E-state index in [2.05, 4.69) is 10.5 Å². The van der Waals surface area contributed by atoms with Gasteiger partial charge in [0.15, 0.2) is 0 Å². The van der Waals surface area contributed by atoms with Crippen LogP contribution in [0.2, 0.25) is 0 Å². The van der Waals surface area contributed by atoms with Gasteiger partial charge in [0, 0.05) is 31.1 Å². The summed E-state index contributed by atoms with van der Waals surface area (Å²) in [5.41, 5.74) is 3.16. The van der Waals surface area contributed by atoms with Gasteiger partial charge in [0.2, 0.25) is 0 Å². The first-order chi connectivity index (χ1) is 8.31. The number of hydrogen-bond acceptors (Lipinski definition) is 3. The third kappa shape index (κ3) is 5.05. The van der Waals surface area contributed by atoms with Crippen molar-refractivity contribution in [3.8, 4) is 0 Å². The highest BCUT2D eigenvalue weighted by Gasteiger charge is 2.28. The summed E-state index contributed by atoms with van der Waals surface area (Å²) in [4.78, 5) is 0. The molecule has 1 aromatic heterocycles. The van der Waals surface area contributed by atoms with Gasteiger partial charge in [-0.2, -0.15) is 18.3 Å². The van der Waals surface area contributed by atoms with Crippen molar-refractivity contribution in [2.24, 2.45) is 5.84 Å². The predicted octanol–water partition coefficient (Wildman–Crippen LogP) is 2.18. The van der Waals surface area contributed by atoms with E-state index in [1.54, 1.807) is 10.7 Å². The summed E-state index contributed by atoms with van der Waals surface area (Å²) in [6.45, 7) is 3.97. The summed E-state index contributed by atoms with van der Waals surface area (Å²) in [6, 6.07) is 1.62. The zero-order valence-corrected chi connectivity index (χ0v) is 10.5. The molecule has 1 unspecified atom stereocenters. The molecule has 0 saturated heterocycles. The molecule has 0 spiro atoms. The molecule has 0 aliphatic carbocycles. The lowest BCUT2D eigenvalue weighted by Gasteiger charge is -2.15. The van der Waals surface area contributed by atoms with Gasteiger partial charge in [-0.15, -0.1) is 0 Å². The highest BCUT2D eigenvalue weighted by molar-refractivity contribution is 5.02. The number of halogens is 3. The molecular formula is C11H19F3N4. The monoisotopic (exact) mass is 264 g/mol. The second kappa shape index (κ2) is 6.19. The Morgan fingerprint density at radius 2 is 2.11 bits per heavy atom. The lowest BCUT2D eigenvalue weighted by atomic mass is 10.1. The predicted molar refractivity (Wildman–Crippen MR) is 62.7 cm³/mol. The third-order valence-corrected chi connectivity index (χ3v) is 2.66. The van der Waals surface area contributed by atoms with Crippen molar-refractivity contribution in [2.75, 3.05) is 0 Å². The van der Waals surface area contributed by atoms with Crippen molar-refractivity contribution >= 4 is 0 Å². The number of nitrogens with two attached hydrogens (primary N) is 1. The van der Waals surface area contributed by atoms with Gasteiger partial charge in [0.05, 0.1) is 5.69 Å². The fourth-order valence-electron chi connectivity index (χ4n) is 1.61. The van der Waals surface area contributed by atoms with Crippen LogP contribution in [0.5, 0.6) is 0 Å². The van der Waals surface area contributed by atoms with E-state index in [0.717, 1.165) is 5.69 Å². The van der Waals surface area contributed by atoms with Crippen molar-refractivity contribution in [1.29, 1.82) is 0 Å². The molecule has 0 fully saturated rings. The average Bonchev–Trinajstić information content (AvgIpc) is 2.71. The third-order valence-electron chi connectivity index (χ3n) is 2.66. The van der Waals surface area contributed by atoms with Gasteiger partial charge >= 0.3 is 6.18 Å². The van der Waals surface area contributed by atoms with Crippen LogP contribution in [0.1, 0.15) is 38.4 Å². The Morgan fingerprint density at radius 3 is 2.56 bits per heavy atom. The van der Waals surface area contributed by atoms with E-state index >= 15 is 0 Å². The van der Waals surface area contributed by atoms with Crippen LogP contribution in [0, 0.1) is 0 Å². The summed E-state index contributed by atoms with van der Waals surface area (Å²) in [7, 11) is 0. The highest BCUT2D eigenvalue weighted by atomic mass is 19.4. The molecule has 18 heavy (non-hydrogen) atoms. The Hall–Kier alpha value is -1.08. The number of aromatic nitrogens is 2. The summed E-state index contributed by atoms with van der Waals surface area (Å²) >= 11 is 0. The summed E-state index contributed by atoms with van der Waals surface area (Å²) < 4.78 is 38.1. The lowest BCUT2D eigenvalue weighted by Crippen LogP contribution is -2.37. The molecule has 0 aliphatic heterocycles. The normalized spacial score (nSPS) is 14.2. The van der Waals surface area contributed by atoms with Crippen molar-refractivity contribution in [1.82, 2.24) is 15.2 Å². The lowest BCUT2D eigenvalue weighted by molar-refractivity contribution is -0.136. The molecule has 4 nitrogen and oxygen atoms in total. The number of nitrogens with zero attached hydrogens (tertiary/aromatic N) is 2. The van der Waals surface area contributed by atoms with Crippen LogP contribution in [-0.2, 0) is 6.42 Å². The Kier molecular flexibility index (Phi) is 5.15. The van der Waals surface area contributed by atoms with Crippen LogP contribution >= 0.6 is 0 Å². The minimum Gasteiger partial charge on any atom is -0.271 e. The zero-order chi connectivity index (χ0) is 13.8. The van der Waals surface area contributed by atoms with Crippen LogP contribution < -0.4 is 11.3 Å². The standard InChI is InChI=1S/C11H19F3N4/c1-8(2)18-6-4-10(17-18)7-9(16-15)3-5-11(12,13)14/h4,6,8-9,16H,3,5,7,15H2,1-2H3. The maximum absolute atomic E-state index is 12.1. The number of nitrogens with one attached hydrogen (secondary N) is 1. The van der Waals surface area contributed by atoms with E-state index in [-0.39, 0.29) is 12.5 Å². The van der Waals surface area contributed by atoms with Gasteiger partial charge in [-0.3, -0.25) is 16.0 Å². The second-order valence-corrected chi connectivity index (χ2v) is 4.60. The van der Waals surface area contributed by atoms with Gasteiger partial charge in [-0.05, 0) is 26.3 Å². The Bertz CT molecular complexity index is 359. The molecule has 0 saturated carbocycles. The topological polar surface area (TPSA) is 55.9 Å². The molecule has 0 aromatic carbocycles. The summed E-state index contributed by atoms with van der Waals surface area (Å²) in [6.07, 6.45) is -2.82. The minimum absolute atomic E-state index is 0.0471. The number of hydrazine groups is 1. The van der Waals surface area contributed by atoms with Crippen molar-refractivity contribution in [3.63, 3.8) is 0 Å². The molecular weight excluding hydrogens is 245 g/mol. The van der Waals surface area contributed by atoms with E-state index in [9.17, 15) is 13.2 Å². The Balaban J connectivity index is 2.51. The molecule has 0 amide bonds. The molecule has 1 heterocycles. The van der Waals surface area contributed by atoms with E-state index < -0.39 is 18.6 Å². The fourth-order valence-corrected chi connectivity index (χ4v) is 1.61. The largest absolute Gasteiger partial charge is 0.389 e. The maximum Gasteiger partial charge on any atom is 0.389 e. The van der Waals surface area contributed by atoms with E-state index in [0.29, 0.717) is 6.42 Å². The van der Waals surface area contributed by atoms with Gasteiger partial charge in [0.1, 0.15) is 0 Å². The number of hydrogen-bond donors (Lipinski definition) is 2. The molecule has 1 aromatic rings. The molecule has 0 aliphatic rings. The molecule has 1 rings (SSSR count). The molecule has 104 valence electrons. The fraction of sp³-hybridized carbons (Fsp3) is 0.727. The maximum atomic E-state index is 12.1. The average molecular weight is 264 g/mol. The summed E-state index contributed by atoms with van der Waals surface area (Å²) in [5, 5.41) is 4.28. The number of alkyl halides is 3. The van der Waals surface area contributed by atoms with Crippen LogP contribution in [0.4, 0.5) is 13.2 Å². The second-order valence-electron chi connectivity index (χ2n) is 4.60. The molecule has 3 N–H and O–H groups in total. The SMILES string of the molecule is CC(C)n1ccc(CC(CCC(F)(F)F)NN)n1. The van der Waals surface area contributed by atoms with Crippen molar-refractivity contribution in [3.05, 3.63) is 18.0 Å². The molecule has 7 heteroatoms. The zero-order valence-electron chi connectivity index (χ0n) is 10.5. The van der Waals surface area contributed by atoms with Crippen molar-refractivity contribution in [2.45, 2.75) is 51.4 Å². The van der Waals surface area contributed by atoms with Crippen LogP contribution in [-0.4, -0.2) is 22.0 Å². The van der Waals surface area contributed by atoms with Gasteiger partial charge in [-0.25, -0.2) is 0 Å². The van der Waals surface area contributed by atoms with Crippen LogP contribution in [0.25, 0.3) is 0 Å². The summed E-state index contributed by atoms with van der Waals surface area (Å²) in [5.74, 6) is 5.26. The van der Waals surface area contributed by atoms with Crippen LogP contribution in [0.15, 0.2) is 12.3 Å².